The van der Waals surface area contributed by atoms with Crippen molar-refractivity contribution in [2.75, 3.05) is 0 Å². The fourth-order valence-electron chi connectivity index (χ4n) is 2.72. The molecular formula is C20H30F2O2. The van der Waals surface area contributed by atoms with E-state index < -0.39 is 17.6 Å². The summed E-state index contributed by atoms with van der Waals surface area (Å²) in [6.45, 7) is 4.16. The van der Waals surface area contributed by atoms with E-state index in [2.05, 4.69) is 6.92 Å². The van der Waals surface area contributed by atoms with Crippen LogP contribution in [-0.4, -0.2) is 12.1 Å². The first-order valence-corrected chi connectivity index (χ1v) is 9.24. The van der Waals surface area contributed by atoms with Crippen molar-refractivity contribution in [2.24, 2.45) is 0 Å². The zero-order valence-corrected chi connectivity index (χ0v) is 15.0. The van der Waals surface area contributed by atoms with E-state index >= 15 is 0 Å². The highest BCUT2D eigenvalue weighted by Crippen LogP contribution is 2.17. The van der Waals surface area contributed by atoms with Crippen LogP contribution in [0.1, 0.15) is 88.4 Å². The van der Waals surface area contributed by atoms with E-state index in [1.54, 1.807) is 0 Å². The molecule has 0 N–H and O–H groups in total. The minimum absolute atomic E-state index is 0.203. The van der Waals surface area contributed by atoms with Gasteiger partial charge >= 0.3 is 5.97 Å². The van der Waals surface area contributed by atoms with Gasteiger partial charge in [-0.25, -0.2) is 13.6 Å². The molecule has 0 bridgehead atoms. The number of hydrogen-bond donors (Lipinski definition) is 0. The van der Waals surface area contributed by atoms with Crippen molar-refractivity contribution in [2.45, 2.75) is 84.2 Å². The van der Waals surface area contributed by atoms with Crippen LogP contribution in [0.5, 0.6) is 0 Å². The predicted octanol–water partition coefficient (Wildman–Crippen LogP) is 6.43. The number of rotatable bonds is 12. The Labute approximate surface area is 144 Å². The molecule has 1 aromatic rings. The minimum atomic E-state index is -0.873. The number of ether oxygens (including phenoxy) is 1. The van der Waals surface area contributed by atoms with Crippen LogP contribution in [0.25, 0.3) is 0 Å². The molecule has 24 heavy (non-hydrogen) atoms. The number of esters is 1. The topological polar surface area (TPSA) is 26.3 Å². The van der Waals surface area contributed by atoms with Crippen LogP contribution in [-0.2, 0) is 4.74 Å². The molecule has 0 saturated heterocycles. The molecule has 0 aliphatic heterocycles. The standard InChI is InChI=1S/C20H30F2O2/c1-3-5-6-7-8-9-10-11-12-17(4-2)24-20(23)18-14-13-16(21)15-19(18)22/h13-15,17H,3-12H2,1-2H3. The molecule has 0 radical (unpaired) electrons. The van der Waals surface area contributed by atoms with Crippen LogP contribution in [0, 0.1) is 11.6 Å². The van der Waals surface area contributed by atoms with Gasteiger partial charge in [0.25, 0.3) is 0 Å². The van der Waals surface area contributed by atoms with Crippen molar-refractivity contribution in [1.29, 1.82) is 0 Å². The molecule has 0 aliphatic carbocycles. The quantitative estimate of drug-likeness (QED) is 0.324. The first-order valence-electron chi connectivity index (χ1n) is 9.24. The molecule has 2 nitrogen and oxygen atoms in total. The Morgan fingerprint density at radius 2 is 1.62 bits per heavy atom. The fraction of sp³-hybridized carbons (Fsp3) is 0.650. The lowest BCUT2D eigenvalue weighted by molar-refractivity contribution is 0.0261. The summed E-state index contributed by atoms with van der Waals surface area (Å²) in [7, 11) is 0. The highest BCUT2D eigenvalue weighted by atomic mass is 19.1. The summed E-state index contributed by atoms with van der Waals surface area (Å²) in [5.41, 5.74) is -0.203. The Balaban J connectivity index is 2.27. The lowest BCUT2D eigenvalue weighted by atomic mass is 10.0. The first-order chi connectivity index (χ1) is 11.6. The maximum atomic E-state index is 13.6. The molecule has 1 aromatic carbocycles. The van der Waals surface area contributed by atoms with Crippen LogP contribution in [0.4, 0.5) is 8.78 Å². The van der Waals surface area contributed by atoms with Crippen molar-refractivity contribution >= 4 is 5.97 Å². The van der Waals surface area contributed by atoms with E-state index in [-0.39, 0.29) is 11.7 Å². The summed E-state index contributed by atoms with van der Waals surface area (Å²) >= 11 is 0. The Kier molecular flexibility index (Phi) is 10.3. The number of unbranched alkanes of at least 4 members (excludes halogenated alkanes) is 7. The summed E-state index contributed by atoms with van der Waals surface area (Å²) in [5, 5.41) is 0. The third kappa shape index (κ3) is 7.89. The summed E-state index contributed by atoms with van der Waals surface area (Å²) in [6.07, 6.45) is 11.1. The zero-order chi connectivity index (χ0) is 17.8. The second-order valence-electron chi connectivity index (χ2n) is 6.32. The van der Waals surface area contributed by atoms with Gasteiger partial charge in [0.15, 0.2) is 0 Å². The molecule has 0 aromatic heterocycles. The summed E-state index contributed by atoms with van der Waals surface area (Å²) in [4.78, 5) is 12.0. The Bertz CT molecular complexity index is 489. The average molecular weight is 340 g/mol. The van der Waals surface area contributed by atoms with E-state index in [1.165, 1.54) is 38.5 Å². The molecule has 1 unspecified atom stereocenters. The zero-order valence-electron chi connectivity index (χ0n) is 15.0. The largest absolute Gasteiger partial charge is 0.459 e. The van der Waals surface area contributed by atoms with E-state index in [4.69, 9.17) is 4.74 Å². The second-order valence-corrected chi connectivity index (χ2v) is 6.32. The highest BCUT2D eigenvalue weighted by Gasteiger charge is 2.18. The van der Waals surface area contributed by atoms with Gasteiger partial charge in [-0.2, -0.15) is 0 Å². The first kappa shape index (κ1) is 20.6. The SMILES string of the molecule is CCCCCCCCCCC(CC)OC(=O)c1ccc(F)cc1F. The molecule has 1 atom stereocenters. The number of halogens is 2. The summed E-state index contributed by atoms with van der Waals surface area (Å²) in [6, 6.07) is 2.91. The normalized spacial score (nSPS) is 12.2. The minimum Gasteiger partial charge on any atom is -0.459 e. The Morgan fingerprint density at radius 1 is 1.00 bits per heavy atom. The Morgan fingerprint density at radius 3 is 2.21 bits per heavy atom. The van der Waals surface area contributed by atoms with Crippen LogP contribution in [0.3, 0.4) is 0 Å². The fourth-order valence-corrected chi connectivity index (χ4v) is 2.72. The maximum absolute atomic E-state index is 13.6. The predicted molar refractivity (Wildman–Crippen MR) is 93.1 cm³/mol. The van der Waals surface area contributed by atoms with Gasteiger partial charge in [0.2, 0.25) is 0 Å². The van der Waals surface area contributed by atoms with Gasteiger partial charge < -0.3 is 4.74 Å². The molecule has 0 fully saturated rings. The molecule has 0 spiro atoms. The molecule has 4 heteroatoms. The van der Waals surface area contributed by atoms with Gasteiger partial charge in [-0.1, -0.05) is 58.8 Å². The van der Waals surface area contributed by atoms with Crippen LogP contribution in [0.15, 0.2) is 18.2 Å². The number of hydrogen-bond acceptors (Lipinski definition) is 2. The van der Waals surface area contributed by atoms with E-state index in [0.29, 0.717) is 12.5 Å². The molecule has 0 amide bonds. The molecule has 0 aliphatic rings. The van der Waals surface area contributed by atoms with Gasteiger partial charge in [0.05, 0.1) is 5.56 Å². The van der Waals surface area contributed by atoms with E-state index in [9.17, 15) is 13.6 Å². The highest BCUT2D eigenvalue weighted by molar-refractivity contribution is 5.89. The van der Waals surface area contributed by atoms with E-state index in [0.717, 1.165) is 31.4 Å². The van der Waals surface area contributed by atoms with Crippen molar-refractivity contribution < 1.29 is 18.3 Å². The second kappa shape index (κ2) is 12.0. The van der Waals surface area contributed by atoms with Gasteiger partial charge in [-0.3, -0.25) is 0 Å². The van der Waals surface area contributed by atoms with Crippen LogP contribution >= 0.6 is 0 Å². The van der Waals surface area contributed by atoms with Crippen molar-refractivity contribution in [3.8, 4) is 0 Å². The molecule has 136 valence electrons. The molecule has 0 saturated carbocycles. The van der Waals surface area contributed by atoms with Crippen molar-refractivity contribution in [1.82, 2.24) is 0 Å². The van der Waals surface area contributed by atoms with Gasteiger partial charge in [0, 0.05) is 6.07 Å². The van der Waals surface area contributed by atoms with Gasteiger partial charge in [0.1, 0.15) is 17.7 Å². The van der Waals surface area contributed by atoms with Crippen molar-refractivity contribution in [3.63, 3.8) is 0 Å². The average Bonchev–Trinajstić information content (AvgIpc) is 2.55. The number of carbonyl (C=O) groups is 1. The maximum Gasteiger partial charge on any atom is 0.341 e. The monoisotopic (exact) mass is 340 g/mol. The third-order valence-corrected chi connectivity index (χ3v) is 4.26. The van der Waals surface area contributed by atoms with Gasteiger partial charge in [-0.15, -0.1) is 0 Å². The number of benzene rings is 1. The van der Waals surface area contributed by atoms with Gasteiger partial charge in [-0.05, 0) is 31.4 Å². The smallest absolute Gasteiger partial charge is 0.341 e. The van der Waals surface area contributed by atoms with Crippen LogP contribution in [0.2, 0.25) is 0 Å². The summed E-state index contributed by atoms with van der Waals surface area (Å²) < 4.78 is 31.8. The third-order valence-electron chi connectivity index (χ3n) is 4.26. The lowest BCUT2D eigenvalue weighted by Crippen LogP contribution is -2.18. The lowest BCUT2D eigenvalue weighted by Gasteiger charge is -2.16. The summed E-state index contributed by atoms with van der Waals surface area (Å²) in [5.74, 6) is -2.28. The molecular weight excluding hydrogens is 310 g/mol. The van der Waals surface area contributed by atoms with E-state index in [1.807, 2.05) is 6.92 Å². The Hall–Kier alpha value is -1.45. The molecule has 0 heterocycles. The number of carbonyl (C=O) groups excluding carboxylic acids is 1. The molecule has 1 rings (SSSR count). The van der Waals surface area contributed by atoms with Crippen LogP contribution < -0.4 is 0 Å². The van der Waals surface area contributed by atoms with Crippen molar-refractivity contribution in [3.05, 3.63) is 35.4 Å².